The topological polar surface area (TPSA) is 95.2 Å². The summed E-state index contributed by atoms with van der Waals surface area (Å²) < 4.78 is 48.9. The third kappa shape index (κ3) is 9.06. The van der Waals surface area contributed by atoms with Crippen molar-refractivity contribution in [2.45, 2.75) is 45.1 Å². The Morgan fingerprint density at radius 2 is 1.82 bits per heavy atom. The lowest BCUT2D eigenvalue weighted by molar-refractivity contribution is -0.138. The summed E-state index contributed by atoms with van der Waals surface area (Å²) in [5.41, 5.74) is 2.07. The Kier molecular flexibility index (Phi) is 11.2. The highest BCUT2D eigenvalue weighted by molar-refractivity contribution is 7.80. The zero-order valence-electron chi connectivity index (χ0n) is 24.8. The second kappa shape index (κ2) is 15.2. The molecule has 1 atom stereocenters. The van der Waals surface area contributed by atoms with Crippen molar-refractivity contribution in [1.29, 1.82) is 5.26 Å². The number of carbonyl (C=O) groups excluding carboxylic acids is 1. The van der Waals surface area contributed by atoms with E-state index in [0.717, 1.165) is 11.6 Å². The number of nitrogens with zero attached hydrogens (tertiary/aromatic N) is 4. The molecule has 1 amide bonds. The molecule has 0 saturated carbocycles. The highest BCUT2D eigenvalue weighted by Crippen LogP contribution is 2.33. The van der Waals surface area contributed by atoms with E-state index in [1.54, 1.807) is 59.9 Å². The number of hydrogen-bond acceptors (Lipinski definition) is 5. The van der Waals surface area contributed by atoms with Gasteiger partial charge in [0.2, 0.25) is 5.91 Å². The van der Waals surface area contributed by atoms with Crippen LogP contribution in [0.25, 0.3) is 0 Å². The van der Waals surface area contributed by atoms with Crippen LogP contribution in [0.15, 0.2) is 85.3 Å². The van der Waals surface area contributed by atoms with E-state index in [2.05, 4.69) is 21.7 Å². The molecule has 0 bridgehead atoms. The molecule has 234 valence electrons. The summed E-state index contributed by atoms with van der Waals surface area (Å²) in [5, 5.41) is 15.4. The summed E-state index contributed by atoms with van der Waals surface area (Å²) in [6, 6.07) is 21.3. The number of methoxy groups -OCH3 is 1. The maximum absolute atomic E-state index is 13.9. The minimum absolute atomic E-state index is 0.0492. The Labute approximate surface area is 265 Å². The summed E-state index contributed by atoms with van der Waals surface area (Å²) in [6.07, 6.45) is -0.728. The number of benzene rings is 3. The van der Waals surface area contributed by atoms with Crippen LogP contribution < -0.4 is 15.4 Å². The highest BCUT2D eigenvalue weighted by atomic mass is 32.1. The number of imidazole rings is 1. The zero-order chi connectivity index (χ0) is 32.4. The van der Waals surface area contributed by atoms with Crippen molar-refractivity contribution in [2.75, 3.05) is 19.0 Å². The van der Waals surface area contributed by atoms with E-state index >= 15 is 0 Å². The minimum Gasteiger partial charge on any atom is -0.495 e. The Balaban J connectivity index is 1.50. The number of rotatable bonds is 12. The monoisotopic (exact) mass is 634 g/mol. The summed E-state index contributed by atoms with van der Waals surface area (Å²) >= 11 is 5.71. The van der Waals surface area contributed by atoms with Crippen LogP contribution >= 0.6 is 12.2 Å². The van der Waals surface area contributed by atoms with E-state index in [0.29, 0.717) is 35.7 Å². The average Bonchev–Trinajstić information content (AvgIpc) is 3.46. The molecule has 0 fully saturated rings. The molecule has 0 unspecified atom stereocenters. The van der Waals surface area contributed by atoms with Gasteiger partial charge in [-0.3, -0.25) is 4.79 Å². The van der Waals surface area contributed by atoms with Crippen molar-refractivity contribution in [3.05, 3.63) is 113 Å². The Morgan fingerprint density at radius 3 is 2.51 bits per heavy atom. The number of anilines is 1. The van der Waals surface area contributed by atoms with Crippen LogP contribution in [-0.2, 0) is 30.5 Å². The maximum Gasteiger partial charge on any atom is 0.416 e. The van der Waals surface area contributed by atoms with E-state index in [4.69, 9.17) is 22.2 Å². The van der Waals surface area contributed by atoms with Crippen molar-refractivity contribution >= 4 is 28.9 Å². The summed E-state index contributed by atoms with van der Waals surface area (Å²) in [6.45, 7) is 2.37. The molecule has 0 aliphatic rings. The van der Waals surface area contributed by atoms with Gasteiger partial charge in [-0.1, -0.05) is 49.4 Å². The van der Waals surface area contributed by atoms with Crippen LogP contribution in [0.1, 0.15) is 41.3 Å². The number of halogens is 3. The largest absolute Gasteiger partial charge is 0.495 e. The van der Waals surface area contributed by atoms with E-state index in [1.807, 2.05) is 23.6 Å². The number of aromatic nitrogens is 2. The fourth-order valence-electron chi connectivity index (χ4n) is 4.81. The van der Waals surface area contributed by atoms with Crippen LogP contribution in [-0.4, -0.2) is 45.2 Å². The molecule has 1 aromatic heterocycles. The Morgan fingerprint density at radius 1 is 1.11 bits per heavy atom. The van der Waals surface area contributed by atoms with Gasteiger partial charge in [0.1, 0.15) is 5.75 Å². The molecular weight excluding hydrogens is 601 g/mol. The lowest BCUT2D eigenvalue weighted by atomic mass is 10.1. The lowest BCUT2D eigenvalue weighted by Crippen LogP contribution is -2.47. The highest BCUT2D eigenvalue weighted by Gasteiger charge is 2.33. The Hall–Kier alpha value is -4.89. The second-order valence-electron chi connectivity index (χ2n) is 10.3. The molecule has 3 aromatic carbocycles. The van der Waals surface area contributed by atoms with E-state index < -0.39 is 17.8 Å². The average molecular weight is 635 g/mol. The number of nitrogens with one attached hydrogen (secondary N) is 2. The number of thiocarbonyl (C=S) groups is 1. The van der Waals surface area contributed by atoms with Crippen molar-refractivity contribution in [3.8, 4) is 11.8 Å². The van der Waals surface area contributed by atoms with Crippen molar-refractivity contribution < 1.29 is 22.7 Å². The first-order chi connectivity index (χ1) is 21.6. The molecule has 1 heterocycles. The quantitative estimate of drug-likeness (QED) is 0.180. The molecule has 4 aromatic rings. The van der Waals surface area contributed by atoms with Crippen LogP contribution in [0.5, 0.6) is 5.75 Å². The van der Waals surface area contributed by atoms with Crippen LogP contribution in [0.4, 0.5) is 18.9 Å². The predicted molar refractivity (Wildman–Crippen MR) is 169 cm³/mol. The first-order valence-electron chi connectivity index (χ1n) is 14.2. The molecule has 2 N–H and O–H groups in total. The van der Waals surface area contributed by atoms with E-state index in [9.17, 15) is 18.0 Å². The number of amides is 1. The molecule has 4 rings (SSSR count). The minimum atomic E-state index is -4.54. The third-order valence-electron chi connectivity index (χ3n) is 7.19. The van der Waals surface area contributed by atoms with Crippen molar-refractivity contribution in [3.63, 3.8) is 0 Å². The van der Waals surface area contributed by atoms with Gasteiger partial charge in [-0.15, -0.1) is 0 Å². The van der Waals surface area contributed by atoms with Gasteiger partial charge in [0.05, 0.1) is 42.7 Å². The van der Waals surface area contributed by atoms with Crippen LogP contribution in [0, 0.1) is 11.3 Å². The van der Waals surface area contributed by atoms with Crippen LogP contribution in [0.3, 0.4) is 0 Å². The molecule has 8 nitrogen and oxygen atoms in total. The number of para-hydroxylation sites is 2. The van der Waals surface area contributed by atoms with Gasteiger partial charge in [0.15, 0.2) is 5.11 Å². The fourth-order valence-corrected chi connectivity index (χ4v) is 5.06. The smallest absolute Gasteiger partial charge is 0.416 e. The molecule has 0 spiro atoms. The molecule has 0 aliphatic heterocycles. The van der Waals surface area contributed by atoms with Gasteiger partial charge in [0.25, 0.3) is 0 Å². The van der Waals surface area contributed by atoms with Crippen molar-refractivity contribution in [1.82, 2.24) is 19.8 Å². The van der Waals surface area contributed by atoms with Crippen LogP contribution in [0.2, 0.25) is 0 Å². The summed E-state index contributed by atoms with van der Waals surface area (Å²) in [7, 11) is 1.51. The van der Waals surface area contributed by atoms with Gasteiger partial charge in [-0.05, 0) is 60.1 Å². The first kappa shape index (κ1) is 33.0. The molecular formula is C33H33F3N6O2S. The molecule has 0 saturated heterocycles. The summed E-state index contributed by atoms with van der Waals surface area (Å²) in [5.74, 6) is 0.260. The first-order valence-corrected chi connectivity index (χ1v) is 14.6. The molecule has 12 heteroatoms. The number of nitriles is 1. The third-order valence-corrected chi connectivity index (χ3v) is 7.55. The van der Waals surface area contributed by atoms with Gasteiger partial charge in [-0.2, -0.15) is 18.4 Å². The van der Waals surface area contributed by atoms with Gasteiger partial charge >= 0.3 is 6.18 Å². The normalized spacial score (nSPS) is 11.7. The van der Waals surface area contributed by atoms with E-state index in [-0.39, 0.29) is 36.1 Å². The van der Waals surface area contributed by atoms with Gasteiger partial charge in [0, 0.05) is 37.6 Å². The van der Waals surface area contributed by atoms with Gasteiger partial charge < -0.3 is 24.8 Å². The standard InChI is InChI=1S/C33H33F3N6O2S/c1-3-26(39-31(43)16-27-18-38-22-42(27)19-24-14-12-23(17-37)13-15-24)21-41(20-25-8-4-5-9-28(25)33(34,35)36)32(45)40-29-10-6-7-11-30(29)44-2/h4-15,18,22,26H,3,16,19-21H2,1-2H3,(H,39,43)(H,40,45)/t26-/m0/s1. The predicted octanol–water partition coefficient (Wildman–Crippen LogP) is 6.17. The Bertz CT molecular complexity index is 1650. The fraction of sp³-hybridized carbons (Fsp3) is 0.273. The maximum atomic E-state index is 13.9. The number of alkyl halides is 3. The van der Waals surface area contributed by atoms with E-state index in [1.165, 1.54) is 19.2 Å². The molecule has 45 heavy (non-hydrogen) atoms. The number of carbonyl (C=O) groups is 1. The molecule has 0 aliphatic carbocycles. The number of ether oxygens (including phenoxy) is 1. The number of hydrogen-bond donors (Lipinski definition) is 2. The van der Waals surface area contributed by atoms with Crippen molar-refractivity contribution in [2.24, 2.45) is 0 Å². The molecule has 0 radical (unpaired) electrons. The SMILES string of the molecule is CC[C@@H](CN(Cc1ccccc1C(F)(F)F)C(=S)Nc1ccccc1OC)NC(=O)Cc1cncn1Cc1ccc(C#N)cc1. The zero-order valence-corrected chi connectivity index (χ0v) is 25.7. The summed E-state index contributed by atoms with van der Waals surface area (Å²) in [4.78, 5) is 19.0. The second-order valence-corrected chi connectivity index (χ2v) is 10.7. The lowest BCUT2D eigenvalue weighted by Gasteiger charge is -2.31. The van der Waals surface area contributed by atoms with Gasteiger partial charge in [-0.25, -0.2) is 4.98 Å².